The Morgan fingerprint density at radius 1 is 0.357 bits per heavy atom. The standard InChI is InChI=1S/C61H39F5N3.Ir/c62-48-21-24-51(56-38-69-61(46-9-5-2-6-10-46)35-55(56)45-19-17-44(18-20-45)43-7-3-1-4-8-43)54(32-48)47-30-41(13-11-39-15-27-59(67-36-39)52-25-22-49(63)33-57(52)65)29-42(31-47)14-12-40-16-28-60(68-37-40)53-26-23-50(64)34-58(53)66;/h1-9,15-24,27-38H,11-14H2;/q-3;+3. The van der Waals surface area contributed by atoms with Crippen molar-refractivity contribution in [1.29, 1.82) is 0 Å². The molecule has 342 valence electrons. The van der Waals surface area contributed by atoms with Crippen molar-refractivity contribution in [3.05, 3.63) is 258 Å². The summed E-state index contributed by atoms with van der Waals surface area (Å²) in [7, 11) is 0. The van der Waals surface area contributed by atoms with Gasteiger partial charge < -0.3 is 15.0 Å². The molecule has 3 heterocycles. The minimum Gasteiger partial charge on any atom is -0.304 e. The second kappa shape index (κ2) is 21.3. The molecular formula is C61H39F5IrN3. The Hall–Kier alpha value is -7.71. The van der Waals surface area contributed by atoms with Gasteiger partial charge in [0.25, 0.3) is 0 Å². The number of hydrogen-bond acceptors (Lipinski definition) is 3. The van der Waals surface area contributed by atoms with Crippen LogP contribution in [0, 0.1) is 47.3 Å². The summed E-state index contributed by atoms with van der Waals surface area (Å²) >= 11 is 0. The molecule has 7 aromatic carbocycles. The van der Waals surface area contributed by atoms with Crippen molar-refractivity contribution in [2.24, 2.45) is 0 Å². The fourth-order valence-corrected chi connectivity index (χ4v) is 8.58. The van der Waals surface area contributed by atoms with Gasteiger partial charge in [-0.15, -0.1) is 60.2 Å². The van der Waals surface area contributed by atoms with Gasteiger partial charge in [-0.25, -0.2) is 4.39 Å². The zero-order chi connectivity index (χ0) is 47.3. The van der Waals surface area contributed by atoms with Crippen LogP contribution in [0.5, 0.6) is 0 Å². The van der Waals surface area contributed by atoms with E-state index in [-0.39, 0.29) is 37.0 Å². The van der Waals surface area contributed by atoms with Crippen LogP contribution in [0.4, 0.5) is 22.0 Å². The van der Waals surface area contributed by atoms with Crippen molar-refractivity contribution < 1.29 is 42.1 Å². The van der Waals surface area contributed by atoms with Crippen molar-refractivity contribution in [2.75, 3.05) is 0 Å². The van der Waals surface area contributed by atoms with E-state index in [0.29, 0.717) is 42.6 Å². The molecule has 0 aliphatic heterocycles. The first-order valence-electron chi connectivity index (χ1n) is 22.4. The van der Waals surface area contributed by atoms with E-state index < -0.39 is 23.3 Å². The Morgan fingerprint density at radius 2 is 0.900 bits per heavy atom. The van der Waals surface area contributed by atoms with E-state index in [0.717, 1.165) is 96.7 Å². The van der Waals surface area contributed by atoms with E-state index in [2.05, 4.69) is 88.8 Å². The number of halogens is 5. The maximum absolute atomic E-state index is 15.7. The van der Waals surface area contributed by atoms with Crippen molar-refractivity contribution in [3.8, 4) is 78.3 Å². The molecule has 0 unspecified atom stereocenters. The van der Waals surface area contributed by atoms with Crippen LogP contribution in [-0.4, -0.2) is 15.0 Å². The molecule has 0 aliphatic carbocycles. The first-order valence-corrected chi connectivity index (χ1v) is 22.4. The Balaban J connectivity index is 0.00000608. The molecule has 0 bridgehead atoms. The van der Waals surface area contributed by atoms with Crippen molar-refractivity contribution in [3.63, 3.8) is 0 Å². The van der Waals surface area contributed by atoms with Gasteiger partial charge in [0.15, 0.2) is 0 Å². The predicted molar refractivity (Wildman–Crippen MR) is 262 cm³/mol. The van der Waals surface area contributed by atoms with Crippen molar-refractivity contribution in [1.82, 2.24) is 15.0 Å². The fraction of sp³-hybridized carbons (Fsp3) is 0.0656. The minimum atomic E-state index is -0.738. The van der Waals surface area contributed by atoms with Gasteiger partial charge in [-0.1, -0.05) is 132 Å². The van der Waals surface area contributed by atoms with Crippen LogP contribution >= 0.6 is 0 Å². The predicted octanol–water partition coefficient (Wildman–Crippen LogP) is 15.2. The number of aromatic nitrogens is 3. The smallest absolute Gasteiger partial charge is 0.304 e. The molecule has 0 atom stereocenters. The summed E-state index contributed by atoms with van der Waals surface area (Å²) in [6.07, 6.45) is 7.61. The normalized spacial score (nSPS) is 11.0. The SMILES string of the molecule is Fc1c[c-]c(-c2ccc(CCc3cc(CCc4ccc(-c5[c-]cc(F)cc5F)nc4)cc(-c4cc(F)ccc4-c4cnc(-c5[c-]cccc5)cc4-c4ccc(-c5ccccc5)cc4)c3)cn2)c(F)c1.[Ir+3]. The summed E-state index contributed by atoms with van der Waals surface area (Å²) < 4.78 is 72.0. The second-order valence-corrected chi connectivity index (χ2v) is 16.7. The Labute approximate surface area is 416 Å². The molecule has 3 nitrogen and oxygen atoms in total. The number of pyridine rings is 3. The van der Waals surface area contributed by atoms with Gasteiger partial charge in [0, 0.05) is 47.4 Å². The minimum absolute atomic E-state index is 0. The summed E-state index contributed by atoms with van der Waals surface area (Å²) in [5.74, 6) is -3.29. The van der Waals surface area contributed by atoms with Crippen LogP contribution in [0.1, 0.15) is 22.3 Å². The van der Waals surface area contributed by atoms with Gasteiger partial charge in [-0.2, -0.15) is 0 Å². The van der Waals surface area contributed by atoms with Crippen LogP contribution in [0.3, 0.4) is 0 Å². The van der Waals surface area contributed by atoms with Crippen molar-refractivity contribution >= 4 is 0 Å². The van der Waals surface area contributed by atoms with Crippen LogP contribution in [0.25, 0.3) is 78.3 Å². The quantitative estimate of drug-likeness (QED) is 0.0853. The van der Waals surface area contributed by atoms with Gasteiger partial charge in [0.05, 0.1) is 0 Å². The first-order chi connectivity index (χ1) is 33.7. The van der Waals surface area contributed by atoms with Gasteiger partial charge in [0.1, 0.15) is 5.82 Å². The summed E-state index contributed by atoms with van der Waals surface area (Å²) in [5, 5.41) is 0. The van der Waals surface area contributed by atoms with Crippen LogP contribution in [0.15, 0.2) is 188 Å². The molecule has 0 N–H and O–H groups in total. The molecular weight excluding hydrogens is 1060 g/mol. The largest absolute Gasteiger partial charge is 3.00 e. The number of benzene rings is 7. The average molecular weight is 1100 g/mol. The molecule has 0 saturated heterocycles. The summed E-state index contributed by atoms with van der Waals surface area (Å²) in [5.41, 5.74) is 13.5. The fourth-order valence-electron chi connectivity index (χ4n) is 8.58. The van der Waals surface area contributed by atoms with E-state index >= 15 is 4.39 Å². The third-order valence-corrected chi connectivity index (χ3v) is 12.1. The van der Waals surface area contributed by atoms with E-state index in [1.807, 2.05) is 66.9 Å². The first kappa shape index (κ1) is 47.4. The van der Waals surface area contributed by atoms with Gasteiger partial charge in [-0.05, 0) is 116 Å². The molecule has 70 heavy (non-hydrogen) atoms. The molecule has 0 fully saturated rings. The van der Waals surface area contributed by atoms with Crippen LogP contribution in [-0.2, 0) is 45.8 Å². The molecule has 10 aromatic rings. The molecule has 0 aliphatic rings. The summed E-state index contributed by atoms with van der Waals surface area (Å²) in [6.45, 7) is 0. The summed E-state index contributed by atoms with van der Waals surface area (Å²) in [6, 6.07) is 59.1. The number of nitrogens with zero attached hydrogens (tertiary/aromatic N) is 3. The third kappa shape index (κ3) is 10.8. The summed E-state index contributed by atoms with van der Waals surface area (Å²) in [4.78, 5) is 13.9. The topological polar surface area (TPSA) is 38.7 Å². The molecule has 0 amide bonds. The number of aryl methyl sites for hydroxylation is 4. The maximum Gasteiger partial charge on any atom is 3.00 e. The number of hydrogen-bond donors (Lipinski definition) is 0. The second-order valence-electron chi connectivity index (χ2n) is 16.7. The van der Waals surface area contributed by atoms with Crippen LogP contribution < -0.4 is 0 Å². The van der Waals surface area contributed by atoms with Gasteiger partial charge >= 0.3 is 20.1 Å². The Morgan fingerprint density at radius 3 is 1.46 bits per heavy atom. The molecule has 10 rings (SSSR count). The Bertz CT molecular complexity index is 3310. The van der Waals surface area contributed by atoms with E-state index in [1.54, 1.807) is 30.6 Å². The van der Waals surface area contributed by atoms with Crippen molar-refractivity contribution in [2.45, 2.75) is 25.7 Å². The number of rotatable bonds is 13. The molecule has 3 aromatic heterocycles. The maximum atomic E-state index is 15.7. The monoisotopic (exact) mass is 1100 g/mol. The van der Waals surface area contributed by atoms with E-state index in [4.69, 9.17) is 4.98 Å². The Kier molecular flexibility index (Phi) is 14.4. The molecule has 9 heteroatoms. The molecule has 0 spiro atoms. The average Bonchev–Trinajstić information content (AvgIpc) is 3.38. The molecule has 0 radical (unpaired) electrons. The van der Waals surface area contributed by atoms with Gasteiger partial charge in [-0.3, -0.25) is 17.6 Å². The zero-order valence-electron chi connectivity index (χ0n) is 37.3. The third-order valence-electron chi connectivity index (χ3n) is 12.1. The zero-order valence-corrected chi connectivity index (χ0v) is 39.7. The molecule has 0 saturated carbocycles. The van der Waals surface area contributed by atoms with Crippen LogP contribution in [0.2, 0.25) is 0 Å². The van der Waals surface area contributed by atoms with Gasteiger partial charge in [0.2, 0.25) is 0 Å². The van der Waals surface area contributed by atoms with E-state index in [9.17, 15) is 17.6 Å². The van der Waals surface area contributed by atoms with E-state index in [1.165, 1.54) is 6.07 Å².